The SMILES string of the molecule is C[C@H](N)C(=O)OCCOc1ccc(-c2c(C#N)c(N)nc(SCc3csc(-c4ccc(Cl)cc4)n3)c2C#N)cc1.O=C(O)C(F)(F)F. The first-order chi connectivity index (χ1) is 22.2. The number of nitrogens with zero attached hydrogens (tertiary/aromatic N) is 4. The first-order valence-electron chi connectivity index (χ1n) is 13.2. The van der Waals surface area contributed by atoms with Gasteiger partial charge in [-0.2, -0.15) is 23.7 Å². The highest BCUT2D eigenvalue weighted by atomic mass is 35.5. The van der Waals surface area contributed by atoms with E-state index in [1.54, 1.807) is 31.2 Å². The molecule has 0 saturated heterocycles. The zero-order valence-corrected chi connectivity index (χ0v) is 26.6. The number of halogens is 4. The molecule has 1 atom stereocenters. The number of benzene rings is 2. The van der Waals surface area contributed by atoms with E-state index in [1.807, 2.05) is 29.6 Å². The summed E-state index contributed by atoms with van der Waals surface area (Å²) in [6.07, 6.45) is -5.08. The molecule has 4 rings (SSSR count). The lowest BCUT2D eigenvalue weighted by Gasteiger charge is -2.13. The first-order valence-corrected chi connectivity index (χ1v) is 15.4. The second kappa shape index (κ2) is 16.6. The summed E-state index contributed by atoms with van der Waals surface area (Å²) in [5, 5.41) is 30.9. The van der Waals surface area contributed by atoms with E-state index in [1.165, 1.54) is 23.1 Å². The van der Waals surface area contributed by atoms with Crippen LogP contribution in [0.2, 0.25) is 5.02 Å². The van der Waals surface area contributed by atoms with Gasteiger partial charge in [-0.25, -0.2) is 14.8 Å². The molecule has 2 aromatic heterocycles. The quantitative estimate of drug-likeness (QED) is 0.0983. The van der Waals surface area contributed by atoms with Crippen molar-refractivity contribution < 1.29 is 37.3 Å². The second-order valence-corrected chi connectivity index (χ2v) is 11.5. The van der Waals surface area contributed by atoms with Crippen LogP contribution in [0.5, 0.6) is 5.75 Å². The molecule has 0 fully saturated rings. The highest BCUT2D eigenvalue weighted by molar-refractivity contribution is 7.98. The monoisotopic (exact) mass is 704 g/mol. The molecule has 5 N–H and O–H groups in total. The van der Waals surface area contributed by atoms with Crippen LogP contribution in [0.3, 0.4) is 0 Å². The summed E-state index contributed by atoms with van der Waals surface area (Å²) in [5.41, 5.74) is 14.8. The van der Waals surface area contributed by atoms with Crippen LogP contribution in [0.1, 0.15) is 23.7 Å². The van der Waals surface area contributed by atoms with Crippen LogP contribution in [0, 0.1) is 22.7 Å². The van der Waals surface area contributed by atoms with Crippen molar-refractivity contribution in [1.82, 2.24) is 9.97 Å². The number of aromatic nitrogens is 2. The lowest BCUT2D eigenvalue weighted by molar-refractivity contribution is -0.192. The van der Waals surface area contributed by atoms with Gasteiger partial charge in [-0.05, 0) is 36.8 Å². The number of carboxylic acid groups (broad SMARTS) is 1. The Labute approximate surface area is 279 Å². The largest absolute Gasteiger partial charge is 0.490 e. The van der Waals surface area contributed by atoms with Gasteiger partial charge in [0.15, 0.2) is 0 Å². The Morgan fingerprint density at radius 1 is 1.04 bits per heavy atom. The fourth-order valence-corrected chi connectivity index (χ4v) is 5.53. The van der Waals surface area contributed by atoms with E-state index in [0.29, 0.717) is 32.7 Å². The second-order valence-electron chi connectivity index (χ2n) is 9.22. The molecule has 0 bridgehead atoms. The van der Waals surface area contributed by atoms with E-state index >= 15 is 0 Å². The van der Waals surface area contributed by atoms with Gasteiger partial charge in [0.05, 0.1) is 11.3 Å². The van der Waals surface area contributed by atoms with Crippen molar-refractivity contribution in [3.8, 4) is 39.6 Å². The number of pyridine rings is 1. The summed E-state index contributed by atoms with van der Waals surface area (Å²) >= 11 is 8.82. The maximum Gasteiger partial charge on any atom is 0.490 e. The fourth-order valence-electron chi connectivity index (χ4n) is 3.58. The van der Waals surface area contributed by atoms with Gasteiger partial charge in [0, 0.05) is 27.3 Å². The number of rotatable bonds is 10. The molecule has 2 heterocycles. The van der Waals surface area contributed by atoms with E-state index in [2.05, 4.69) is 22.1 Å². The number of alkyl halides is 3. The number of carbonyl (C=O) groups excluding carboxylic acids is 1. The maximum absolute atomic E-state index is 11.4. The lowest BCUT2D eigenvalue weighted by atomic mass is 9.97. The van der Waals surface area contributed by atoms with Crippen LogP contribution in [-0.2, 0) is 20.1 Å². The van der Waals surface area contributed by atoms with Gasteiger partial charge < -0.3 is 26.0 Å². The minimum atomic E-state index is -5.08. The average molecular weight is 705 g/mol. The number of anilines is 1. The number of ether oxygens (including phenoxy) is 2. The Morgan fingerprint density at radius 3 is 2.19 bits per heavy atom. The van der Waals surface area contributed by atoms with Gasteiger partial charge in [-0.15, -0.1) is 11.3 Å². The van der Waals surface area contributed by atoms with Crippen molar-refractivity contribution in [2.75, 3.05) is 18.9 Å². The number of hydrogen-bond donors (Lipinski definition) is 3. The number of carbonyl (C=O) groups is 2. The Morgan fingerprint density at radius 2 is 1.64 bits per heavy atom. The highest BCUT2D eigenvalue weighted by Crippen LogP contribution is 2.37. The summed E-state index contributed by atoms with van der Waals surface area (Å²) in [6, 6.07) is 17.9. The lowest BCUT2D eigenvalue weighted by Crippen LogP contribution is -2.29. The molecule has 17 heteroatoms. The Hall–Kier alpha value is -4.87. The van der Waals surface area contributed by atoms with Gasteiger partial charge in [-0.1, -0.05) is 47.6 Å². The third-order valence-corrected chi connectivity index (χ3v) is 7.97. The van der Waals surface area contributed by atoms with Gasteiger partial charge >= 0.3 is 18.1 Å². The fraction of sp³-hybridized carbons (Fsp3) is 0.200. The third-order valence-electron chi connectivity index (χ3n) is 5.77. The number of esters is 1. The summed E-state index contributed by atoms with van der Waals surface area (Å²) in [4.78, 5) is 29.4. The van der Waals surface area contributed by atoms with Crippen molar-refractivity contribution in [3.63, 3.8) is 0 Å². The van der Waals surface area contributed by atoms with E-state index in [0.717, 1.165) is 16.3 Å². The van der Waals surface area contributed by atoms with Crippen LogP contribution in [-0.4, -0.2) is 52.4 Å². The number of thiazole rings is 1. The molecule has 0 amide bonds. The summed E-state index contributed by atoms with van der Waals surface area (Å²) < 4.78 is 42.3. The standard InChI is InChI=1S/C28H23ClN6O3S2.C2HF3O2/c1-16(32)28(36)38-11-10-37-21-8-4-17(5-9-21)24-22(12-30)25(33)35-27(23(24)13-31)40-15-20-14-39-26(34-20)18-2-6-19(29)7-3-18;3-2(4,5)1(6)7/h2-9,14,16H,10-11,15,32H2,1H3,(H2,33,35);(H,6,7)/t16-;/m0./s1. The number of carboxylic acids is 1. The van der Waals surface area contributed by atoms with Gasteiger partial charge in [-0.3, -0.25) is 4.79 Å². The Balaban J connectivity index is 0.000000771. The predicted octanol–water partition coefficient (Wildman–Crippen LogP) is 6.05. The summed E-state index contributed by atoms with van der Waals surface area (Å²) in [5.74, 6) is -2.25. The molecule has 0 saturated carbocycles. The van der Waals surface area contributed by atoms with Crippen LogP contribution in [0.4, 0.5) is 19.0 Å². The van der Waals surface area contributed by atoms with Crippen molar-refractivity contribution in [2.45, 2.75) is 29.9 Å². The molecule has 2 aromatic carbocycles. The number of hydrogen-bond acceptors (Lipinski definition) is 12. The van der Waals surface area contributed by atoms with Crippen LogP contribution >= 0.6 is 34.7 Å². The molecule has 11 nitrogen and oxygen atoms in total. The molecule has 0 aliphatic carbocycles. The molecule has 0 aliphatic heterocycles. The minimum Gasteiger partial charge on any atom is -0.490 e. The van der Waals surface area contributed by atoms with E-state index < -0.39 is 24.2 Å². The summed E-state index contributed by atoms with van der Waals surface area (Å²) in [6.45, 7) is 1.74. The van der Waals surface area contributed by atoms with Crippen LogP contribution < -0.4 is 16.2 Å². The van der Waals surface area contributed by atoms with E-state index in [9.17, 15) is 28.5 Å². The Kier molecular flexibility index (Phi) is 12.9. The predicted molar refractivity (Wildman–Crippen MR) is 169 cm³/mol. The highest BCUT2D eigenvalue weighted by Gasteiger charge is 2.38. The van der Waals surface area contributed by atoms with E-state index in [4.69, 9.17) is 42.4 Å². The molecule has 4 aromatic rings. The van der Waals surface area contributed by atoms with Crippen molar-refractivity contribution in [3.05, 3.63) is 75.8 Å². The normalized spacial score (nSPS) is 11.3. The van der Waals surface area contributed by atoms with Crippen LogP contribution in [0.15, 0.2) is 58.9 Å². The zero-order valence-electron chi connectivity index (χ0n) is 24.2. The minimum absolute atomic E-state index is 0.0374. The van der Waals surface area contributed by atoms with Gasteiger partial charge in [0.25, 0.3) is 0 Å². The average Bonchev–Trinajstić information content (AvgIpc) is 3.51. The van der Waals surface area contributed by atoms with E-state index in [-0.39, 0.29) is 30.2 Å². The number of thioether (sulfide) groups is 1. The number of nitriles is 2. The Bertz CT molecular complexity index is 1810. The summed E-state index contributed by atoms with van der Waals surface area (Å²) in [7, 11) is 0. The zero-order chi connectivity index (χ0) is 34.7. The van der Waals surface area contributed by atoms with Gasteiger partial charge in [0.2, 0.25) is 0 Å². The molecule has 244 valence electrons. The van der Waals surface area contributed by atoms with Crippen LogP contribution in [0.25, 0.3) is 21.7 Å². The number of nitrogens with two attached hydrogens (primary N) is 2. The molecule has 0 aliphatic rings. The molecule has 0 unspecified atom stereocenters. The maximum atomic E-state index is 11.4. The third kappa shape index (κ3) is 10.3. The molecule has 0 spiro atoms. The molecular weight excluding hydrogens is 681 g/mol. The van der Waals surface area contributed by atoms with Crippen molar-refractivity contribution in [2.24, 2.45) is 5.73 Å². The molecular formula is C30H24ClF3N6O5S2. The van der Waals surface area contributed by atoms with Crippen molar-refractivity contribution in [1.29, 1.82) is 10.5 Å². The number of nitrogen functional groups attached to an aromatic ring is 1. The molecule has 0 radical (unpaired) electrons. The molecule has 47 heavy (non-hydrogen) atoms. The smallest absolute Gasteiger partial charge is 0.490 e. The van der Waals surface area contributed by atoms with Gasteiger partial charge in [0.1, 0.15) is 58.6 Å². The topological polar surface area (TPSA) is 198 Å². The first kappa shape index (κ1) is 36.6. The number of aliphatic carboxylic acids is 1. The van der Waals surface area contributed by atoms with Crippen molar-refractivity contribution >= 4 is 52.5 Å².